The first-order valence-electron chi connectivity index (χ1n) is 7.78. The van der Waals surface area contributed by atoms with Crippen molar-refractivity contribution in [2.24, 2.45) is 0 Å². The molecule has 0 aliphatic heterocycles. The van der Waals surface area contributed by atoms with Gasteiger partial charge in [-0.3, -0.25) is 0 Å². The Labute approximate surface area is 152 Å². The maximum absolute atomic E-state index is 14.2. The zero-order chi connectivity index (χ0) is 17.5. The molecule has 6 heteroatoms. The molecule has 0 unspecified atom stereocenters. The number of nitrogens with one attached hydrogen (secondary N) is 3. The first-order chi connectivity index (χ1) is 11.5. The molecule has 3 N–H and O–H groups in total. The van der Waals surface area contributed by atoms with Crippen LogP contribution in [0.4, 0.5) is 4.39 Å². The molecule has 0 saturated heterocycles. The van der Waals surface area contributed by atoms with Gasteiger partial charge in [0, 0.05) is 6.54 Å². The van der Waals surface area contributed by atoms with Gasteiger partial charge in [-0.15, -0.1) is 0 Å². The Kier molecular flexibility index (Phi) is 6.97. The summed E-state index contributed by atoms with van der Waals surface area (Å²) >= 11 is 11.5. The van der Waals surface area contributed by atoms with Crippen LogP contribution in [0.5, 0.6) is 0 Å². The molecule has 24 heavy (non-hydrogen) atoms. The van der Waals surface area contributed by atoms with Crippen molar-refractivity contribution in [3.05, 3.63) is 70.5 Å². The Hall–Kier alpha value is -1.69. The molecule has 0 spiro atoms. The fourth-order valence-electron chi connectivity index (χ4n) is 2.47. The van der Waals surface area contributed by atoms with E-state index in [9.17, 15) is 4.39 Å². The lowest BCUT2D eigenvalue weighted by atomic mass is 10.1. The van der Waals surface area contributed by atoms with E-state index in [1.165, 1.54) is 6.07 Å². The van der Waals surface area contributed by atoms with E-state index in [0.717, 1.165) is 10.5 Å². The van der Waals surface area contributed by atoms with E-state index in [-0.39, 0.29) is 11.9 Å². The van der Waals surface area contributed by atoms with Crippen LogP contribution in [-0.2, 0) is 6.54 Å². The van der Waals surface area contributed by atoms with Crippen LogP contribution in [0.1, 0.15) is 17.2 Å². The van der Waals surface area contributed by atoms with E-state index >= 15 is 0 Å². The summed E-state index contributed by atoms with van der Waals surface area (Å²) < 4.78 is 14.2. The van der Waals surface area contributed by atoms with E-state index in [2.05, 4.69) is 10.6 Å². The number of hydrogen-bond acceptors (Lipinski definition) is 1. The first kappa shape index (κ1) is 18.6. The molecule has 2 rings (SSSR count). The predicted molar refractivity (Wildman–Crippen MR) is 101 cm³/mol. The number of hydrogen-bond donors (Lipinski definition) is 3. The van der Waals surface area contributed by atoms with E-state index in [4.69, 9.17) is 23.8 Å². The van der Waals surface area contributed by atoms with E-state index in [0.29, 0.717) is 28.8 Å². The zero-order valence-electron chi connectivity index (χ0n) is 13.8. The maximum Gasteiger partial charge on any atom is 0.166 e. The Morgan fingerprint density at radius 2 is 1.83 bits per heavy atom. The summed E-state index contributed by atoms with van der Waals surface area (Å²) in [7, 11) is 3.94. The monoisotopic (exact) mass is 366 g/mol. The van der Waals surface area contributed by atoms with Crippen LogP contribution in [0.3, 0.4) is 0 Å². The minimum Gasteiger partial charge on any atom is -0.359 e. The molecule has 3 nitrogen and oxygen atoms in total. The van der Waals surface area contributed by atoms with Crippen molar-refractivity contribution in [2.75, 3.05) is 20.6 Å². The van der Waals surface area contributed by atoms with Gasteiger partial charge in [-0.1, -0.05) is 48.0 Å². The molecule has 0 saturated carbocycles. The number of thiocarbonyl (C=S) groups is 1. The standard InChI is InChI=1S/C18H21ClFN3S/c1-23(2)16(17-14(19)9-6-10-15(17)20)12-22-18(24)21-11-13-7-4-3-5-8-13/h3-10,16H,11-12H2,1-2H3,(H2,21,22,24)/p+1/t16-/m0/s1. The third-order valence-electron chi connectivity index (χ3n) is 3.81. The Morgan fingerprint density at radius 3 is 2.46 bits per heavy atom. The van der Waals surface area contributed by atoms with Gasteiger partial charge < -0.3 is 15.5 Å². The summed E-state index contributed by atoms with van der Waals surface area (Å²) in [5.41, 5.74) is 1.66. The molecule has 0 heterocycles. The van der Waals surface area contributed by atoms with E-state index < -0.39 is 0 Å². The SMILES string of the molecule is C[NH+](C)[C@@H](CNC(=S)NCc1ccccc1)c1c(F)cccc1Cl. The minimum absolute atomic E-state index is 0.143. The van der Waals surface area contributed by atoms with Gasteiger partial charge in [0.25, 0.3) is 0 Å². The quantitative estimate of drug-likeness (QED) is 0.685. The number of likely N-dealkylation sites (N-methyl/N-ethyl adjacent to an activating group) is 1. The van der Waals surface area contributed by atoms with E-state index in [1.54, 1.807) is 12.1 Å². The third-order valence-corrected chi connectivity index (χ3v) is 4.43. The van der Waals surface area contributed by atoms with E-state index in [1.807, 2.05) is 44.4 Å². The van der Waals surface area contributed by atoms with Crippen molar-refractivity contribution in [1.29, 1.82) is 0 Å². The zero-order valence-corrected chi connectivity index (χ0v) is 15.3. The van der Waals surface area contributed by atoms with Crippen LogP contribution in [0, 0.1) is 5.82 Å². The van der Waals surface area contributed by atoms with Crippen LogP contribution in [-0.4, -0.2) is 25.8 Å². The maximum atomic E-state index is 14.2. The van der Waals surface area contributed by atoms with Crippen LogP contribution in [0.15, 0.2) is 48.5 Å². The number of benzene rings is 2. The lowest BCUT2D eigenvalue weighted by Crippen LogP contribution is -3.07. The molecule has 2 aromatic rings. The second-order valence-corrected chi connectivity index (χ2v) is 6.63. The average molecular weight is 367 g/mol. The highest BCUT2D eigenvalue weighted by atomic mass is 35.5. The van der Waals surface area contributed by atoms with Crippen LogP contribution in [0.25, 0.3) is 0 Å². The summed E-state index contributed by atoms with van der Waals surface area (Å²) in [4.78, 5) is 1.07. The molecule has 0 aliphatic rings. The van der Waals surface area contributed by atoms with Crippen LogP contribution < -0.4 is 15.5 Å². The second-order valence-electron chi connectivity index (χ2n) is 5.81. The molecular weight excluding hydrogens is 345 g/mol. The normalized spacial score (nSPS) is 12.0. The van der Waals surface area contributed by atoms with Gasteiger partial charge in [0.2, 0.25) is 0 Å². The molecular formula is C18H22ClFN3S+. The highest BCUT2D eigenvalue weighted by Gasteiger charge is 2.24. The highest BCUT2D eigenvalue weighted by Crippen LogP contribution is 2.23. The average Bonchev–Trinajstić information content (AvgIpc) is 2.56. The largest absolute Gasteiger partial charge is 0.359 e. The minimum atomic E-state index is -0.293. The molecule has 0 radical (unpaired) electrons. The predicted octanol–water partition coefficient (Wildman–Crippen LogP) is 2.33. The molecule has 0 aromatic heterocycles. The van der Waals surface area contributed by atoms with Crippen molar-refractivity contribution in [2.45, 2.75) is 12.6 Å². The van der Waals surface area contributed by atoms with Crippen molar-refractivity contribution in [3.8, 4) is 0 Å². The van der Waals surface area contributed by atoms with Gasteiger partial charge in [0.15, 0.2) is 5.11 Å². The summed E-state index contributed by atoms with van der Waals surface area (Å²) in [6.07, 6.45) is 0. The third kappa shape index (κ3) is 5.16. The molecule has 0 fully saturated rings. The van der Waals surface area contributed by atoms with Gasteiger partial charge in [0.05, 0.1) is 31.2 Å². The van der Waals surface area contributed by atoms with Crippen LogP contribution in [0.2, 0.25) is 5.02 Å². The van der Waals surface area contributed by atoms with Gasteiger partial charge in [-0.2, -0.15) is 0 Å². The fraction of sp³-hybridized carbons (Fsp3) is 0.278. The van der Waals surface area contributed by atoms with Crippen molar-refractivity contribution in [1.82, 2.24) is 10.6 Å². The molecule has 0 aliphatic carbocycles. The summed E-state index contributed by atoms with van der Waals surface area (Å²) in [6.45, 7) is 1.14. The Balaban J connectivity index is 1.95. The molecule has 0 bridgehead atoms. The van der Waals surface area contributed by atoms with Gasteiger partial charge in [-0.25, -0.2) is 4.39 Å². The highest BCUT2D eigenvalue weighted by molar-refractivity contribution is 7.80. The lowest BCUT2D eigenvalue weighted by Gasteiger charge is -2.24. The fourth-order valence-corrected chi connectivity index (χ4v) is 2.92. The summed E-state index contributed by atoms with van der Waals surface area (Å²) in [5.74, 6) is -0.293. The first-order valence-corrected chi connectivity index (χ1v) is 8.57. The number of halogens is 2. The Bertz CT molecular complexity index is 659. The van der Waals surface area contributed by atoms with Crippen molar-refractivity contribution in [3.63, 3.8) is 0 Å². The summed E-state index contributed by atoms with van der Waals surface area (Å²) in [5, 5.41) is 7.30. The van der Waals surface area contributed by atoms with Crippen molar-refractivity contribution < 1.29 is 9.29 Å². The molecule has 2 aromatic carbocycles. The van der Waals surface area contributed by atoms with Gasteiger partial charge >= 0.3 is 0 Å². The van der Waals surface area contributed by atoms with Crippen molar-refractivity contribution >= 4 is 28.9 Å². The number of quaternary nitrogens is 1. The second kappa shape index (κ2) is 8.97. The molecule has 128 valence electrons. The lowest BCUT2D eigenvalue weighted by molar-refractivity contribution is -0.890. The number of rotatable bonds is 6. The summed E-state index contributed by atoms with van der Waals surface area (Å²) in [6, 6.07) is 14.6. The van der Waals surface area contributed by atoms with Gasteiger partial charge in [-0.05, 0) is 29.9 Å². The molecule has 0 amide bonds. The Morgan fingerprint density at radius 1 is 1.12 bits per heavy atom. The smallest absolute Gasteiger partial charge is 0.166 e. The topological polar surface area (TPSA) is 28.5 Å². The van der Waals surface area contributed by atoms with Crippen LogP contribution >= 0.6 is 23.8 Å². The molecule has 1 atom stereocenters. The van der Waals surface area contributed by atoms with Gasteiger partial charge in [0.1, 0.15) is 11.9 Å².